The standard InChI is InChI=1S/C6H3F3N4O3/c7-6(8,9)16-13-3-2(10-1-11-3)4(14)12-5(13)15/h1H,(H,10,11)(H,12,14,15). The number of fused-ring (bicyclic) bond motifs is 1. The van der Waals surface area contributed by atoms with Gasteiger partial charge in [0, 0.05) is 0 Å². The van der Waals surface area contributed by atoms with Gasteiger partial charge in [-0.2, -0.15) is 0 Å². The van der Waals surface area contributed by atoms with Crippen LogP contribution in [0.5, 0.6) is 0 Å². The van der Waals surface area contributed by atoms with Crippen molar-refractivity contribution in [2.45, 2.75) is 6.36 Å². The fourth-order valence-corrected chi connectivity index (χ4v) is 1.10. The summed E-state index contributed by atoms with van der Waals surface area (Å²) >= 11 is 0. The third-order valence-electron chi connectivity index (χ3n) is 1.64. The molecule has 0 fully saturated rings. The second kappa shape index (κ2) is 3.12. The minimum absolute atomic E-state index is 0.146. The number of aromatic nitrogens is 4. The number of halogens is 3. The maximum atomic E-state index is 11.9. The summed E-state index contributed by atoms with van der Waals surface area (Å²) in [6, 6.07) is 0. The lowest BCUT2D eigenvalue weighted by molar-refractivity contribution is -0.323. The van der Waals surface area contributed by atoms with E-state index in [0.29, 0.717) is 0 Å². The highest BCUT2D eigenvalue weighted by Gasteiger charge is 2.33. The Balaban J connectivity index is 2.74. The molecule has 0 aliphatic heterocycles. The van der Waals surface area contributed by atoms with E-state index in [1.165, 1.54) is 0 Å². The fraction of sp³-hybridized carbons (Fsp3) is 0.167. The Morgan fingerprint density at radius 2 is 2.06 bits per heavy atom. The van der Waals surface area contributed by atoms with Crippen molar-refractivity contribution in [2.24, 2.45) is 0 Å². The topological polar surface area (TPSA) is 92.8 Å². The smallest absolute Gasteiger partial charge is 0.339 e. The monoisotopic (exact) mass is 236 g/mol. The molecule has 16 heavy (non-hydrogen) atoms. The van der Waals surface area contributed by atoms with Crippen molar-refractivity contribution in [1.29, 1.82) is 0 Å². The van der Waals surface area contributed by atoms with Gasteiger partial charge in [0.2, 0.25) is 5.65 Å². The van der Waals surface area contributed by atoms with Crippen LogP contribution in [-0.4, -0.2) is 26.0 Å². The van der Waals surface area contributed by atoms with Crippen molar-refractivity contribution in [3.63, 3.8) is 0 Å². The van der Waals surface area contributed by atoms with Gasteiger partial charge < -0.3 is 9.82 Å². The van der Waals surface area contributed by atoms with Gasteiger partial charge in [0.15, 0.2) is 5.52 Å². The summed E-state index contributed by atoms with van der Waals surface area (Å²) < 4.78 is 35.7. The Morgan fingerprint density at radius 3 is 2.69 bits per heavy atom. The maximum Gasteiger partial charge on any atom is 0.591 e. The van der Waals surface area contributed by atoms with Crippen LogP contribution in [0.1, 0.15) is 0 Å². The molecule has 86 valence electrons. The van der Waals surface area contributed by atoms with Gasteiger partial charge in [0.05, 0.1) is 6.33 Å². The van der Waals surface area contributed by atoms with Crippen molar-refractivity contribution in [2.75, 3.05) is 0 Å². The molecule has 7 nitrogen and oxygen atoms in total. The first-order chi connectivity index (χ1) is 7.38. The van der Waals surface area contributed by atoms with Crippen LogP contribution in [0.15, 0.2) is 15.9 Å². The molecule has 0 unspecified atom stereocenters. The molecule has 2 N–H and O–H groups in total. The molecule has 0 radical (unpaired) electrons. The summed E-state index contributed by atoms with van der Waals surface area (Å²) in [5.74, 6) is 0. The molecule has 2 aromatic rings. The summed E-state index contributed by atoms with van der Waals surface area (Å²) in [6.07, 6.45) is -4.09. The number of nitrogens with zero attached hydrogens (tertiary/aromatic N) is 2. The zero-order chi connectivity index (χ0) is 11.9. The van der Waals surface area contributed by atoms with E-state index in [1.54, 1.807) is 4.98 Å². The SMILES string of the molecule is O=c1[nH]c(=O)n(OC(F)(F)F)c2nc[nH]c12. The number of rotatable bonds is 1. The molecule has 0 amide bonds. The predicted molar refractivity (Wildman–Crippen MR) is 43.6 cm³/mol. The minimum atomic E-state index is -5.06. The number of alkyl halides is 3. The Morgan fingerprint density at radius 1 is 1.38 bits per heavy atom. The maximum absolute atomic E-state index is 11.9. The van der Waals surface area contributed by atoms with Crippen LogP contribution in [0.25, 0.3) is 11.2 Å². The number of imidazole rings is 1. The van der Waals surface area contributed by atoms with E-state index in [4.69, 9.17) is 0 Å². The van der Waals surface area contributed by atoms with E-state index in [-0.39, 0.29) is 10.2 Å². The average Bonchev–Trinajstić information content (AvgIpc) is 2.59. The molecule has 2 heterocycles. The van der Waals surface area contributed by atoms with Gasteiger partial charge in [-0.25, -0.2) is 9.78 Å². The third kappa shape index (κ3) is 1.64. The van der Waals surface area contributed by atoms with E-state index >= 15 is 0 Å². The quantitative estimate of drug-likeness (QED) is 0.688. The Labute approximate surface area is 83.4 Å². The Kier molecular flexibility index (Phi) is 2.00. The van der Waals surface area contributed by atoms with Gasteiger partial charge in [-0.1, -0.05) is 4.73 Å². The average molecular weight is 236 g/mol. The highest BCUT2D eigenvalue weighted by molar-refractivity contribution is 5.68. The van der Waals surface area contributed by atoms with Gasteiger partial charge in [0.1, 0.15) is 0 Å². The molecule has 0 aliphatic carbocycles. The van der Waals surface area contributed by atoms with E-state index in [2.05, 4.69) is 14.8 Å². The molecule has 0 atom stereocenters. The van der Waals surface area contributed by atoms with Crippen LogP contribution >= 0.6 is 0 Å². The lowest BCUT2D eigenvalue weighted by atomic mass is 10.5. The lowest BCUT2D eigenvalue weighted by Crippen LogP contribution is -2.39. The molecule has 0 saturated carbocycles. The number of H-pyrrole nitrogens is 2. The number of hydrogen-bond donors (Lipinski definition) is 2. The second-order valence-electron chi connectivity index (χ2n) is 2.69. The first-order valence-electron chi connectivity index (χ1n) is 3.83. The number of nitrogens with one attached hydrogen (secondary N) is 2. The first-order valence-corrected chi connectivity index (χ1v) is 3.83. The normalized spacial score (nSPS) is 11.9. The summed E-state index contributed by atoms with van der Waals surface area (Å²) in [5.41, 5.74) is -3.06. The number of aromatic amines is 2. The first kappa shape index (κ1) is 10.3. The Bertz CT molecular complexity index is 637. The summed E-state index contributed by atoms with van der Waals surface area (Å²) in [6.45, 7) is 0. The molecular weight excluding hydrogens is 233 g/mol. The van der Waals surface area contributed by atoms with Gasteiger partial charge in [0.25, 0.3) is 5.56 Å². The lowest BCUT2D eigenvalue weighted by Gasteiger charge is -2.09. The molecule has 2 rings (SSSR count). The molecule has 0 spiro atoms. The van der Waals surface area contributed by atoms with Crippen molar-refractivity contribution in [3.05, 3.63) is 27.2 Å². The molecule has 10 heteroatoms. The predicted octanol–water partition coefficient (Wildman–Crippen LogP) is -0.639. The molecular formula is C6H3F3N4O3. The largest absolute Gasteiger partial charge is 0.591 e. The molecule has 0 bridgehead atoms. The van der Waals surface area contributed by atoms with Gasteiger partial charge in [-0.05, 0) is 0 Å². The van der Waals surface area contributed by atoms with E-state index in [0.717, 1.165) is 6.33 Å². The van der Waals surface area contributed by atoms with Crippen molar-refractivity contribution in [3.8, 4) is 0 Å². The zero-order valence-corrected chi connectivity index (χ0v) is 7.33. The van der Waals surface area contributed by atoms with Gasteiger partial charge in [-0.3, -0.25) is 9.78 Å². The second-order valence-corrected chi connectivity index (χ2v) is 2.69. The molecule has 0 aromatic carbocycles. The molecule has 0 saturated heterocycles. The summed E-state index contributed by atoms with van der Waals surface area (Å²) in [5, 5.41) is 0. The third-order valence-corrected chi connectivity index (χ3v) is 1.64. The highest BCUT2D eigenvalue weighted by Crippen LogP contribution is 2.12. The van der Waals surface area contributed by atoms with Crippen LogP contribution in [0.3, 0.4) is 0 Å². The van der Waals surface area contributed by atoms with Crippen molar-refractivity contribution >= 4 is 11.2 Å². The summed E-state index contributed by atoms with van der Waals surface area (Å²) in [7, 11) is 0. The van der Waals surface area contributed by atoms with E-state index in [1.807, 2.05) is 0 Å². The Hall–Kier alpha value is -2.26. The highest BCUT2D eigenvalue weighted by atomic mass is 19.4. The van der Waals surface area contributed by atoms with Crippen LogP contribution < -0.4 is 16.1 Å². The molecule has 2 aromatic heterocycles. The van der Waals surface area contributed by atoms with Gasteiger partial charge >= 0.3 is 12.1 Å². The fourth-order valence-electron chi connectivity index (χ4n) is 1.10. The van der Waals surface area contributed by atoms with E-state index in [9.17, 15) is 22.8 Å². The van der Waals surface area contributed by atoms with Crippen LogP contribution in [0.4, 0.5) is 13.2 Å². The van der Waals surface area contributed by atoms with Crippen molar-refractivity contribution in [1.82, 2.24) is 19.7 Å². The zero-order valence-electron chi connectivity index (χ0n) is 7.33. The minimum Gasteiger partial charge on any atom is -0.339 e. The number of hydrogen-bond acceptors (Lipinski definition) is 4. The summed E-state index contributed by atoms with van der Waals surface area (Å²) in [4.78, 5) is 32.9. The molecule has 0 aliphatic rings. The van der Waals surface area contributed by atoms with Crippen LogP contribution in [-0.2, 0) is 0 Å². The van der Waals surface area contributed by atoms with Crippen LogP contribution in [0, 0.1) is 0 Å². The van der Waals surface area contributed by atoms with E-state index < -0.39 is 23.3 Å². The van der Waals surface area contributed by atoms with Gasteiger partial charge in [-0.15, -0.1) is 13.2 Å². The van der Waals surface area contributed by atoms with Crippen LogP contribution in [0.2, 0.25) is 0 Å². The van der Waals surface area contributed by atoms with Crippen molar-refractivity contribution < 1.29 is 18.0 Å².